The van der Waals surface area contributed by atoms with Gasteiger partial charge in [-0.2, -0.15) is 10.4 Å². The highest BCUT2D eigenvalue weighted by molar-refractivity contribution is 5.27. The second kappa shape index (κ2) is 5.34. The standard InChI is InChI=1S/C15H22N4/c1-18-9-6-13(7-10-18)19-15-4-2-3-12(5-8-16)14(15)11-17-19/h11-13H,2-7,9-10H2,1H3. The minimum absolute atomic E-state index is 0.425. The van der Waals surface area contributed by atoms with E-state index >= 15 is 0 Å². The maximum Gasteiger partial charge on any atom is 0.0628 e. The molecule has 19 heavy (non-hydrogen) atoms. The second-order valence-corrected chi connectivity index (χ2v) is 5.98. The highest BCUT2D eigenvalue weighted by Crippen LogP contribution is 2.36. The molecule has 2 aliphatic rings. The van der Waals surface area contributed by atoms with Crippen LogP contribution >= 0.6 is 0 Å². The average Bonchev–Trinajstić information content (AvgIpc) is 2.85. The van der Waals surface area contributed by atoms with E-state index in [1.165, 1.54) is 43.6 Å². The van der Waals surface area contributed by atoms with Crippen LogP contribution in [0.5, 0.6) is 0 Å². The lowest BCUT2D eigenvalue weighted by Gasteiger charge is -2.31. The molecule has 1 aliphatic heterocycles. The van der Waals surface area contributed by atoms with Gasteiger partial charge in [0.15, 0.2) is 0 Å². The number of piperidine rings is 1. The molecule has 102 valence electrons. The third kappa shape index (κ3) is 2.40. The molecule has 0 saturated carbocycles. The molecular formula is C15H22N4. The molecule has 0 radical (unpaired) electrons. The SMILES string of the molecule is CN1CCC(n2ncc3c2CCCC3CC#N)CC1. The largest absolute Gasteiger partial charge is 0.306 e. The predicted molar refractivity (Wildman–Crippen MR) is 73.9 cm³/mol. The molecule has 0 N–H and O–H groups in total. The summed E-state index contributed by atoms with van der Waals surface area (Å²) < 4.78 is 2.28. The molecule has 1 atom stereocenters. The predicted octanol–water partition coefficient (Wildman–Crippen LogP) is 2.48. The first kappa shape index (κ1) is 12.7. The third-order valence-electron chi connectivity index (χ3n) is 4.71. The number of hydrogen-bond donors (Lipinski definition) is 0. The first-order valence-corrected chi connectivity index (χ1v) is 7.41. The minimum Gasteiger partial charge on any atom is -0.306 e. The van der Waals surface area contributed by atoms with Gasteiger partial charge in [-0.15, -0.1) is 0 Å². The Bertz CT molecular complexity index is 477. The molecule has 4 nitrogen and oxygen atoms in total. The topological polar surface area (TPSA) is 44.9 Å². The van der Waals surface area contributed by atoms with E-state index in [1.807, 2.05) is 6.20 Å². The first-order chi connectivity index (χ1) is 9.29. The number of nitriles is 1. The fraction of sp³-hybridized carbons (Fsp3) is 0.733. The first-order valence-electron chi connectivity index (χ1n) is 7.41. The van der Waals surface area contributed by atoms with Crippen molar-refractivity contribution in [2.24, 2.45) is 0 Å². The van der Waals surface area contributed by atoms with Crippen LogP contribution in [0.15, 0.2) is 6.20 Å². The Kier molecular flexibility index (Phi) is 3.56. The van der Waals surface area contributed by atoms with Crippen molar-refractivity contribution < 1.29 is 0 Å². The molecule has 1 unspecified atom stereocenters. The Morgan fingerprint density at radius 3 is 2.89 bits per heavy atom. The maximum atomic E-state index is 8.95. The van der Waals surface area contributed by atoms with Crippen LogP contribution in [0.1, 0.15) is 55.3 Å². The Labute approximate surface area is 115 Å². The molecular weight excluding hydrogens is 236 g/mol. The van der Waals surface area contributed by atoms with Crippen molar-refractivity contribution >= 4 is 0 Å². The number of nitrogens with zero attached hydrogens (tertiary/aromatic N) is 4. The van der Waals surface area contributed by atoms with Gasteiger partial charge in [-0.25, -0.2) is 0 Å². The quantitative estimate of drug-likeness (QED) is 0.818. The van der Waals surface area contributed by atoms with E-state index in [-0.39, 0.29) is 0 Å². The zero-order valence-electron chi connectivity index (χ0n) is 11.7. The molecule has 1 aromatic rings. The number of hydrogen-bond acceptors (Lipinski definition) is 3. The van der Waals surface area contributed by atoms with Crippen LogP contribution in [0.2, 0.25) is 0 Å². The summed E-state index contributed by atoms with van der Waals surface area (Å²) in [6.07, 6.45) is 8.59. The molecule has 1 aromatic heterocycles. The molecule has 0 spiro atoms. The lowest BCUT2D eigenvalue weighted by molar-refractivity contribution is 0.209. The van der Waals surface area contributed by atoms with E-state index in [9.17, 15) is 0 Å². The van der Waals surface area contributed by atoms with Gasteiger partial charge in [-0.3, -0.25) is 4.68 Å². The van der Waals surface area contributed by atoms with Crippen molar-refractivity contribution in [2.45, 2.75) is 50.5 Å². The van der Waals surface area contributed by atoms with Gasteiger partial charge < -0.3 is 4.90 Å². The number of rotatable bonds is 2. The summed E-state index contributed by atoms with van der Waals surface area (Å²) in [7, 11) is 2.19. The van der Waals surface area contributed by atoms with E-state index in [0.29, 0.717) is 18.4 Å². The molecule has 0 bridgehead atoms. The number of fused-ring (bicyclic) bond motifs is 1. The van der Waals surface area contributed by atoms with Crippen LogP contribution in [-0.2, 0) is 6.42 Å². The lowest BCUT2D eigenvalue weighted by atomic mass is 9.85. The monoisotopic (exact) mass is 258 g/mol. The Morgan fingerprint density at radius 1 is 1.37 bits per heavy atom. The normalized spacial score (nSPS) is 24.9. The number of likely N-dealkylation sites (tertiary alicyclic amines) is 1. The van der Waals surface area contributed by atoms with E-state index in [4.69, 9.17) is 5.26 Å². The molecule has 0 aromatic carbocycles. The Morgan fingerprint density at radius 2 is 2.16 bits per heavy atom. The molecule has 1 fully saturated rings. The van der Waals surface area contributed by atoms with Crippen molar-refractivity contribution in [1.82, 2.24) is 14.7 Å². The van der Waals surface area contributed by atoms with Gasteiger partial charge >= 0.3 is 0 Å². The molecule has 2 heterocycles. The van der Waals surface area contributed by atoms with Gasteiger partial charge in [0.25, 0.3) is 0 Å². The van der Waals surface area contributed by atoms with Crippen LogP contribution in [-0.4, -0.2) is 34.8 Å². The second-order valence-electron chi connectivity index (χ2n) is 5.98. The highest BCUT2D eigenvalue weighted by Gasteiger charge is 2.27. The van der Waals surface area contributed by atoms with Gasteiger partial charge in [0.2, 0.25) is 0 Å². The Balaban J connectivity index is 1.83. The molecule has 4 heteroatoms. The van der Waals surface area contributed by atoms with Crippen LogP contribution < -0.4 is 0 Å². The molecule has 1 saturated heterocycles. The smallest absolute Gasteiger partial charge is 0.0628 e. The fourth-order valence-corrected chi connectivity index (χ4v) is 3.55. The summed E-state index contributed by atoms with van der Waals surface area (Å²) in [6.45, 7) is 2.34. The van der Waals surface area contributed by atoms with Crippen molar-refractivity contribution in [3.05, 3.63) is 17.5 Å². The van der Waals surface area contributed by atoms with Crippen molar-refractivity contribution in [3.63, 3.8) is 0 Å². The summed E-state index contributed by atoms with van der Waals surface area (Å²) in [5.41, 5.74) is 2.77. The van der Waals surface area contributed by atoms with E-state index in [1.54, 1.807) is 0 Å². The van der Waals surface area contributed by atoms with Gasteiger partial charge in [0.1, 0.15) is 0 Å². The summed E-state index contributed by atoms with van der Waals surface area (Å²) in [6, 6.07) is 2.90. The zero-order chi connectivity index (χ0) is 13.2. The molecule has 1 aliphatic carbocycles. The third-order valence-corrected chi connectivity index (χ3v) is 4.71. The fourth-order valence-electron chi connectivity index (χ4n) is 3.55. The van der Waals surface area contributed by atoms with E-state index in [2.05, 4.69) is 27.8 Å². The van der Waals surface area contributed by atoms with Gasteiger partial charge in [-0.1, -0.05) is 0 Å². The van der Waals surface area contributed by atoms with Crippen LogP contribution in [0.25, 0.3) is 0 Å². The maximum absolute atomic E-state index is 8.95. The van der Waals surface area contributed by atoms with Crippen molar-refractivity contribution in [3.8, 4) is 6.07 Å². The molecule has 3 rings (SSSR count). The number of aromatic nitrogens is 2. The van der Waals surface area contributed by atoms with Crippen molar-refractivity contribution in [2.75, 3.05) is 20.1 Å². The summed E-state index contributed by atoms with van der Waals surface area (Å²) in [5.74, 6) is 0.425. The van der Waals surface area contributed by atoms with Gasteiger partial charge in [-0.05, 0) is 57.8 Å². The summed E-state index contributed by atoms with van der Waals surface area (Å²) >= 11 is 0. The highest BCUT2D eigenvalue weighted by atomic mass is 15.3. The van der Waals surface area contributed by atoms with Gasteiger partial charge in [0.05, 0.1) is 18.3 Å². The minimum atomic E-state index is 0.425. The van der Waals surface area contributed by atoms with Crippen LogP contribution in [0, 0.1) is 11.3 Å². The average molecular weight is 258 g/mol. The Hall–Kier alpha value is -1.34. The van der Waals surface area contributed by atoms with Gasteiger partial charge in [0, 0.05) is 18.0 Å². The summed E-state index contributed by atoms with van der Waals surface area (Å²) in [4.78, 5) is 2.39. The van der Waals surface area contributed by atoms with Crippen LogP contribution in [0.4, 0.5) is 0 Å². The van der Waals surface area contributed by atoms with E-state index in [0.717, 1.165) is 12.8 Å². The summed E-state index contributed by atoms with van der Waals surface area (Å²) in [5, 5.41) is 13.6. The molecule has 0 amide bonds. The van der Waals surface area contributed by atoms with E-state index < -0.39 is 0 Å². The van der Waals surface area contributed by atoms with Crippen molar-refractivity contribution in [1.29, 1.82) is 5.26 Å². The van der Waals surface area contributed by atoms with Crippen LogP contribution in [0.3, 0.4) is 0 Å². The zero-order valence-corrected chi connectivity index (χ0v) is 11.7. The lowest BCUT2D eigenvalue weighted by Crippen LogP contribution is -2.32.